The van der Waals surface area contributed by atoms with Crippen LogP contribution in [0.15, 0.2) is 24.3 Å². The number of hydrogen-bond acceptors (Lipinski definition) is 3. The molecule has 3 rings (SSSR count). The Kier molecular flexibility index (Phi) is 1.50. The molecule has 1 aromatic carbocycles. The number of nitrogens with one attached hydrogen (secondary N) is 1. The van der Waals surface area contributed by atoms with Gasteiger partial charge in [-0.25, -0.2) is 0 Å². The zero-order valence-corrected chi connectivity index (χ0v) is 7.32. The molecule has 0 aromatic heterocycles. The van der Waals surface area contributed by atoms with E-state index >= 15 is 0 Å². The average Bonchev–Trinajstić information content (AvgIpc) is 2.78. The predicted octanol–water partition coefficient (Wildman–Crippen LogP) is -0.0175. The normalized spacial score (nSPS) is 31.1. The van der Waals surface area contributed by atoms with Crippen molar-refractivity contribution in [1.29, 1.82) is 0 Å². The lowest BCUT2D eigenvalue weighted by atomic mass is 9.65. The first-order valence-corrected chi connectivity index (χ1v) is 4.66. The average molecular weight is 176 g/mol. The Morgan fingerprint density at radius 3 is 3.00 bits per heavy atom. The van der Waals surface area contributed by atoms with Gasteiger partial charge in [0, 0.05) is 13.2 Å². The third-order valence-corrected chi connectivity index (χ3v) is 2.81. The van der Waals surface area contributed by atoms with Crippen LogP contribution < -0.4 is 10.7 Å². The molecule has 2 aliphatic heterocycles. The maximum Gasteiger partial charge on any atom is 0.345 e. The van der Waals surface area contributed by atoms with E-state index in [1.807, 2.05) is 12.1 Å². The monoisotopic (exact) mass is 176 g/mol. The fourth-order valence-corrected chi connectivity index (χ4v) is 2.17. The van der Waals surface area contributed by atoms with Gasteiger partial charge >= 0.3 is 6.69 Å². The van der Waals surface area contributed by atoms with Gasteiger partial charge in [0.15, 0.2) is 0 Å². The molecule has 0 amide bonds. The second kappa shape index (κ2) is 2.58. The Labute approximate surface area is 77.0 Å². The zero-order chi connectivity index (χ0) is 8.73. The van der Waals surface area contributed by atoms with E-state index in [9.17, 15) is 0 Å². The molecule has 1 unspecified atom stereocenters. The molecule has 68 valence electrons. The summed E-state index contributed by atoms with van der Waals surface area (Å²) in [7, 11) is 0. The zero-order valence-electron chi connectivity index (χ0n) is 7.32. The van der Waals surface area contributed by atoms with Crippen LogP contribution in [0, 0.1) is 0 Å². The first kappa shape index (κ1) is 7.56. The van der Waals surface area contributed by atoms with Crippen molar-refractivity contribution in [3.63, 3.8) is 0 Å². The van der Waals surface area contributed by atoms with E-state index in [4.69, 9.17) is 9.31 Å². The summed E-state index contributed by atoms with van der Waals surface area (Å²) < 4.78 is 11.4. The summed E-state index contributed by atoms with van der Waals surface area (Å²) in [6.07, 6.45) is 0. The molecule has 1 atom stereocenters. The van der Waals surface area contributed by atoms with Gasteiger partial charge in [-0.3, -0.25) is 0 Å². The minimum Gasteiger partial charge on any atom is -0.550 e. The molecule has 0 radical (unpaired) electrons. The molecule has 0 saturated carbocycles. The SMILES string of the molecule is c1ccc2c(c1)CO[B-]21NCCO1. The summed E-state index contributed by atoms with van der Waals surface area (Å²) >= 11 is 0. The summed E-state index contributed by atoms with van der Waals surface area (Å²) in [6.45, 7) is 0.989. The molecule has 3 nitrogen and oxygen atoms in total. The third kappa shape index (κ3) is 0.966. The van der Waals surface area contributed by atoms with Crippen LogP contribution in [0.4, 0.5) is 0 Å². The van der Waals surface area contributed by atoms with E-state index in [1.54, 1.807) is 0 Å². The van der Waals surface area contributed by atoms with E-state index in [0.29, 0.717) is 6.61 Å². The van der Waals surface area contributed by atoms with Crippen molar-refractivity contribution < 1.29 is 9.31 Å². The lowest BCUT2D eigenvalue weighted by molar-refractivity contribution is 0.212. The highest BCUT2D eigenvalue weighted by Crippen LogP contribution is 2.20. The smallest absolute Gasteiger partial charge is 0.345 e. The number of hydrogen-bond donors (Lipinski definition) is 1. The van der Waals surface area contributed by atoms with Crippen molar-refractivity contribution in [3.05, 3.63) is 29.8 Å². The van der Waals surface area contributed by atoms with Crippen molar-refractivity contribution in [2.24, 2.45) is 0 Å². The largest absolute Gasteiger partial charge is 0.550 e. The quantitative estimate of drug-likeness (QED) is 0.563. The lowest BCUT2D eigenvalue weighted by Crippen LogP contribution is -2.57. The first-order valence-electron chi connectivity index (χ1n) is 4.66. The van der Waals surface area contributed by atoms with Crippen molar-refractivity contribution in [2.45, 2.75) is 6.61 Å². The number of benzene rings is 1. The molecule has 1 fully saturated rings. The molecule has 1 spiro atoms. The van der Waals surface area contributed by atoms with Crippen molar-refractivity contribution >= 4 is 12.1 Å². The molecule has 1 N–H and O–H groups in total. The molecular formula is C9H11BNO2-. The summed E-state index contributed by atoms with van der Waals surface area (Å²) in [4.78, 5) is 0. The van der Waals surface area contributed by atoms with Crippen LogP contribution in [-0.2, 0) is 15.9 Å². The van der Waals surface area contributed by atoms with Crippen LogP contribution in [-0.4, -0.2) is 19.8 Å². The Morgan fingerprint density at radius 1 is 1.23 bits per heavy atom. The Morgan fingerprint density at radius 2 is 2.15 bits per heavy atom. The molecular weight excluding hydrogens is 165 g/mol. The molecule has 0 aliphatic carbocycles. The first-order chi connectivity index (χ1) is 6.41. The molecule has 2 heterocycles. The summed E-state index contributed by atoms with van der Waals surface area (Å²) in [5.74, 6) is 0. The van der Waals surface area contributed by atoms with Gasteiger partial charge in [0.05, 0.1) is 0 Å². The standard InChI is InChI=1S/C9H11BNO2/c1-2-4-9-8(3-1)7-13-10(9)11-5-6-12-10/h1-4,11H,5-7H2/q-1. The maximum absolute atomic E-state index is 5.70. The second-order valence-electron chi connectivity index (χ2n) is 3.55. The van der Waals surface area contributed by atoms with E-state index in [1.165, 1.54) is 11.0 Å². The molecule has 2 aliphatic rings. The van der Waals surface area contributed by atoms with E-state index < -0.39 is 6.69 Å². The van der Waals surface area contributed by atoms with Crippen LogP contribution in [0.1, 0.15) is 5.56 Å². The fourth-order valence-electron chi connectivity index (χ4n) is 2.17. The van der Waals surface area contributed by atoms with Crippen LogP contribution in [0.5, 0.6) is 0 Å². The molecule has 4 heteroatoms. The summed E-state index contributed by atoms with van der Waals surface area (Å²) in [5.41, 5.74) is 2.44. The third-order valence-electron chi connectivity index (χ3n) is 2.81. The second-order valence-corrected chi connectivity index (χ2v) is 3.55. The summed E-state index contributed by atoms with van der Waals surface area (Å²) in [5, 5.41) is 3.31. The number of fused-ring (bicyclic) bond motifs is 2. The highest BCUT2D eigenvalue weighted by molar-refractivity contribution is 6.80. The van der Waals surface area contributed by atoms with Crippen molar-refractivity contribution in [3.8, 4) is 0 Å². The van der Waals surface area contributed by atoms with Crippen LogP contribution in [0.2, 0.25) is 0 Å². The highest BCUT2D eigenvalue weighted by Gasteiger charge is 2.38. The van der Waals surface area contributed by atoms with Gasteiger partial charge in [-0.2, -0.15) is 0 Å². The van der Waals surface area contributed by atoms with Gasteiger partial charge < -0.3 is 14.5 Å². The number of rotatable bonds is 0. The molecule has 13 heavy (non-hydrogen) atoms. The topological polar surface area (TPSA) is 30.5 Å². The van der Waals surface area contributed by atoms with Gasteiger partial charge in [0.2, 0.25) is 0 Å². The fraction of sp³-hybridized carbons (Fsp3) is 0.333. The van der Waals surface area contributed by atoms with E-state index in [0.717, 1.165) is 13.2 Å². The Bertz CT molecular complexity index is 336. The minimum absolute atomic E-state index is 0.670. The van der Waals surface area contributed by atoms with Crippen LogP contribution in [0.25, 0.3) is 0 Å². The van der Waals surface area contributed by atoms with Gasteiger partial charge in [-0.15, -0.1) is 5.46 Å². The summed E-state index contributed by atoms with van der Waals surface area (Å²) in [6, 6.07) is 8.24. The van der Waals surface area contributed by atoms with Crippen molar-refractivity contribution in [1.82, 2.24) is 5.23 Å². The van der Waals surface area contributed by atoms with Gasteiger partial charge in [-0.1, -0.05) is 29.8 Å². The molecule has 1 saturated heterocycles. The van der Waals surface area contributed by atoms with Crippen LogP contribution in [0.3, 0.4) is 0 Å². The molecule has 0 bridgehead atoms. The van der Waals surface area contributed by atoms with Gasteiger partial charge in [0.25, 0.3) is 0 Å². The predicted molar refractivity (Wildman–Crippen MR) is 50.6 cm³/mol. The van der Waals surface area contributed by atoms with E-state index in [-0.39, 0.29) is 0 Å². The van der Waals surface area contributed by atoms with Crippen LogP contribution >= 0.6 is 0 Å². The lowest BCUT2D eigenvalue weighted by Gasteiger charge is -2.30. The Balaban J connectivity index is 2.11. The van der Waals surface area contributed by atoms with Gasteiger partial charge in [-0.05, 0) is 6.54 Å². The minimum atomic E-state index is -1.31. The van der Waals surface area contributed by atoms with Crippen molar-refractivity contribution in [2.75, 3.05) is 13.2 Å². The van der Waals surface area contributed by atoms with Gasteiger partial charge in [0.1, 0.15) is 0 Å². The Hall–Kier alpha value is -0.835. The van der Waals surface area contributed by atoms with E-state index in [2.05, 4.69) is 17.4 Å². The highest BCUT2D eigenvalue weighted by atomic mass is 16.6. The molecule has 1 aromatic rings. The maximum atomic E-state index is 5.70.